The monoisotopic (exact) mass is 277 g/mol. The zero-order chi connectivity index (χ0) is 11.7. The molecule has 0 saturated carbocycles. The molecule has 4 nitrogen and oxygen atoms in total. The van der Waals surface area contributed by atoms with Gasteiger partial charge in [0.25, 0.3) is 0 Å². The van der Waals surface area contributed by atoms with Crippen LogP contribution in [0.5, 0.6) is 0 Å². The Hall–Kier alpha value is -0.840. The maximum Gasteiger partial charge on any atom is 0.408 e. The lowest BCUT2D eigenvalue weighted by molar-refractivity contribution is -0.118. The highest BCUT2D eigenvalue weighted by atomic mass is 79.9. The molecule has 0 heterocycles. The van der Waals surface area contributed by atoms with Gasteiger partial charge in [-0.3, -0.25) is 4.79 Å². The molecule has 0 aromatic rings. The lowest BCUT2D eigenvalue weighted by Gasteiger charge is -2.15. The maximum absolute atomic E-state index is 11.4. The Labute approximate surface area is 98.2 Å². The highest BCUT2D eigenvalue weighted by Gasteiger charge is 2.18. The minimum Gasteiger partial charge on any atom is -0.445 e. The van der Waals surface area contributed by atoms with Crippen molar-refractivity contribution in [3.63, 3.8) is 0 Å². The van der Waals surface area contributed by atoms with Crippen LogP contribution in [0.3, 0.4) is 0 Å². The lowest BCUT2D eigenvalue weighted by atomic mass is 10.1. The van der Waals surface area contributed by atoms with E-state index in [1.54, 1.807) is 0 Å². The minimum atomic E-state index is -0.581. The van der Waals surface area contributed by atoms with Crippen molar-refractivity contribution in [2.24, 2.45) is 0 Å². The van der Waals surface area contributed by atoms with Gasteiger partial charge in [-0.05, 0) is 6.42 Å². The van der Waals surface area contributed by atoms with Gasteiger partial charge in [-0.25, -0.2) is 4.79 Å². The SMILES string of the molecule is C=CCOC(=O)NC(CCC)C(=O)CBr. The van der Waals surface area contributed by atoms with Crippen molar-refractivity contribution in [1.29, 1.82) is 0 Å². The molecule has 0 aromatic carbocycles. The average Bonchev–Trinajstić information content (AvgIpc) is 2.24. The molecular formula is C10H16BrNO3. The van der Waals surface area contributed by atoms with Crippen LogP contribution in [0, 0.1) is 0 Å². The van der Waals surface area contributed by atoms with Crippen LogP contribution in [-0.2, 0) is 9.53 Å². The van der Waals surface area contributed by atoms with E-state index in [0.717, 1.165) is 6.42 Å². The molecule has 86 valence electrons. The van der Waals surface area contributed by atoms with Crippen molar-refractivity contribution in [2.75, 3.05) is 11.9 Å². The van der Waals surface area contributed by atoms with E-state index in [0.29, 0.717) is 6.42 Å². The third-order valence-electron chi connectivity index (χ3n) is 1.72. The van der Waals surface area contributed by atoms with Gasteiger partial charge in [-0.15, -0.1) is 0 Å². The Morgan fingerprint density at radius 2 is 2.27 bits per heavy atom. The highest BCUT2D eigenvalue weighted by Crippen LogP contribution is 2.01. The van der Waals surface area contributed by atoms with Crippen molar-refractivity contribution in [1.82, 2.24) is 5.32 Å². The van der Waals surface area contributed by atoms with Gasteiger partial charge in [-0.2, -0.15) is 0 Å². The van der Waals surface area contributed by atoms with Crippen molar-refractivity contribution >= 4 is 27.8 Å². The molecule has 0 fully saturated rings. The van der Waals surface area contributed by atoms with Gasteiger partial charge in [-0.1, -0.05) is 41.9 Å². The number of ether oxygens (including phenoxy) is 1. The summed E-state index contributed by atoms with van der Waals surface area (Å²) in [5, 5.41) is 2.75. The summed E-state index contributed by atoms with van der Waals surface area (Å²) in [5.74, 6) is -0.0487. The Balaban J connectivity index is 4.09. The summed E-state index contributed by atoms with van der Waals surface area (Å²) >= 11 is 3.07. The summed E-state index contributed by atoms with van der Waals surface area (Å²) in [7, 11) is 0. The summed E-state index contributed by atoms with van der Waals surface area (Å²) < 4.78 is 4.73. The summed E-state index contributed by atoms with van der Waals surface area (Å²) in [5.41, 5.74) is 0. The highest BCUT2D eigenvalue weighted by molar-refractivity contribution is 9.09. The number of Topliss-reactive ketones (excluding diaryl/α,β-unsaturated/α-hetero) is 1. The Morgan fingerprint density at radius 1 is 1.60 bits per heavy atom. The van der Waals surface area contributed by atoms with Crippen LogP contribution in [0.15, 0.2) is 12.7 Å². The van der Waals surface area contributed by atoms with Gasteiger partial charge in [0.05, 0.1) is 11.4 Å². The second-order valence-electron chi connectivity index (χ2n) is 2.97. The lowest BCUT2D eigenvalue weighted by Crippen LogP contribution is -2.41. The molecule has 0 aliphatic rings. The van der Waals surface area contributed by atoms with Crippen LogP contribution in [-0.4, -0.2) is 29.9 Å². The second-order valence-corrected chi connectivity index (χ2v) is 3.53. The van der Waals surface area contributed by atoms with Gasteiger partial charge in [0.2, 0.25) is 0 Å². The topological polar surface area (TPSA) is 55.4 Å². The average molecular weight is 278 g/mol. The van der Waals surface area contributed by atoms with E-state index in [1.807, 2.05) is 6.92 Å². The fraction of sp³-hybridized carbons (Fsp3) is 0.600. The van der Waals surface area contributed by atoms with Crippen LogP contribution in [0.25, 0.3) is 0 Å². The summed E-state index contributed by atoms with van der Waals surface area (Å²) in [6.07, 6.45) is 2.34. The Morgan fingerprint density at radius 3 is 2.73 bits per heavy atom. The predicted octanol–water partition coefficient (Wildman–Crippen LogP) is 2.03. The number of hydrogen-bond donors (Lipinski definition) is 1. The van der Waals surface area contributed by atoms with Gasteiger partial charge >= 0.3 is 6.09 Å². The molecule has 0 spiro atoms. The number of nitrogens with one attached hydrogen (secondary N) is 1. The molecule has 1 N–H and O–H groups in total. The van der Waals surface area contributed by atoms with Gasteiger partial charge < -0.3 is 10.1 Å². The van der Waals surface area contributed by atoms with Crippen molar-refractivity contribution in [3.05, 3.63) is 12.7 Å². The number of carbonyl (C=O) groups excluding carboxylic acids is 2. The number of rotatable bonds is 7. The normalized spacial score (nSPS) is 11.6. The molecule has 1 amide bonds. The van der Waals surface area contributed by atoms with E-state index < -0.39 is 12.1 Å². The van der Waals surface area contributed by atoms with E-state index >= 15 is 0 Å². The van der Waals surface area contributed by atoms with E-state index in [4.69, 9.17) is 4.74 Å². The Kier molecular flexibility index (Phi) is 7.99. The fourth-order valence-electron chi connectivity index (χ4n) is 1.01. The Bertz CT molecular complexity index is 231. The molecule has 1 atom stereocenters. The number of alkyl carbamates (subject to hydrolysis) is 1. The first-order valence-corrected chi connectivity index (χ1v) is 5.90. The number of halogens is 1. The van der Waals surface area contributed by atoms with E-state index in [-0.39, 0.29) is 17.7 Å². The standard InChI is InChI=1S/C10H16BrNO3/c1-3-5-8(9(13)7-11)12-10(14)15-6-4-2/h4,8H,2-3,5-7H2,1H3,(H,12,14). The first kappa shape index (κ1) is 14.2. The summed E-state index contributed by atoms with van der Waals surface area (Å²) in [4.78, 5) is 22.5. The van der Waals surface area contributed by atoms with E-state index in [9.17, 15) is 9.59 Å². The van der Waals surface area contributed by atoms with Crippen molar-refractivity contribution in [3.8, 4) is 0 Å². The number of carbonyl (C=O) groups is 2. The van der Waals surface area contributed by atoms with Crippen LogP contribution in [0.2, 0.25) is 0 Å². The molecule has 1 unspecified atom stereocenters. The third kappa shape index (κ3) is 6.28. The van der Waals surface area contributed by atoms with Crippen LogP contribution in [0.4, 0.5) is 4.79 Å². The molecule has 0 aliphatic heterocycles. The van der Waals surface area contributed by atoms with E-state index in [1.165, 1.54) is 6.08 Å². The second kappa shape index (κ2) is 8.47. The van der Waals surface area contributed by atoms with E-state index in [2.05, 4.69) is 27.8 Å². The molecule has 15 heavy (non-hydrogen) atoms. The maximum atomic E-state index is 11.4. The molecule has 0 aliphatic carbocycles. The number of alkyl halides is 1. The minimum absolute atomic E-state index is 0.0487. The molecule has 0 saturated heterocycles. The van der Waals surface area contributed by atoms with Crippen molar-refractivity contribution in [2.45, 2.75) is 25.8 Å². The largest absolute Gasteiger partial charge is 0.445 e. The quantitative estimate of drug-likeness (QED) is 0.572. The molecule has 0 rings (SSSR count). The fourth-order valence-corrected chi connectivity index (χ4v) is 1.40. The summed E-state index contributed by atoms with van der Waals surface area (Å²) in [6.45, 7) is 5.52. The summed E-state index contributed by atoms with van der Waals surface area (Å²) in [6, 6.07) is -0.466. The third-order valence-corrected chi connectivity index (χ3v) is 2.27. The van der Waals surface area contributed by atoms with Crippen LogP contribution < -0.4 is 5.32 Å². The van der Waals surface area contributed by atoms with Gasteiger partial charge in [0.15, 0.2) is 5.78 Å². The number of ketones is 1. The molecule has 0 bridgehead atoms. The zero-order valence-electron chi connectivity index (χ0n) is 8.79. The van der Waals surface area contributed by atoms with Gasteiger partial charge in [0, 0.05) is 0 Å². The molecular weight excluding hydrogens is 262 g/mol. The molecule has 0 aromatic heterocycles. The van der Waals surface area contributed by atoms with Crippen molar-refractivity contribution < 1.29 is 14.3 Å². The van der Waals surface area contributed by atoms with Gasteiger partial charge in [0.1, 0.15) is 6.61 Å². The predicted molar refractivity (Wildman–Crippen MR) is 62.2 cm³/mol. The smallest absolute Gasteiger partial charge is 0.408 e. The van der Waals surface area contributed by atoms with Crippen LogP contribution >= 0.6 is 15.9 Å². The molecule has 5 heteroatoms. The molecule has 0 radical (unpaired) electrons. The number of hydrogen-bond acceptors (Lipinski definition) is 3. The first-order valence-electron chi connectivity index (χ1n) is 4.78. The first-order chi connectivity index (χ1) is 7.15. The number of amides is 1. The zero-order valence-corrected chi connectivity index (χ0v) is 10.4. The van der Waals surface area contributed by atoms with Crippen LogP contribution in [0.1, 0.15) is 19.8 Å².